The molecule has 2 N–H and O–H groups in total. The van der Waals surface area contributed by atoms with Gasteiger partial charge in [0.2, 0.25) is 5.91 Å². The van der Waals surface area contributed by atoms with Crippen molar-refractivity contribution in [3.63, 3.8) is 0 Å². The lowest BCUT2D eigenvalue weighted by molar-refractivity contribution is -0.137. The Balaban J connectivity index is 2.77. The number of hydrogen-bond acceptors (Lipinski definition) is 4. The molecule has 6 heteroatoms. The Morgan fingerprint density at radius 1 is 1.33 bits per heavy atom. The highest BCUT2D eigenvalue weighted by molar-refractivity contribution is 8.22. The lowest BCUT2D eigenvalue weighted by Gasteiger charge is -2.14. The first-order valence-electron chi connectivity index (χ1n) is 4.73. The van der Waals surface area contributed by atoms with E-state index in [2.05, 4.69) is 5.32 Å². The molecule has 0 aromatic carbocycles. The Labute approximate surface area is 97.6 Å². The van der Waals surface area contributed by atoms with Crippen LogP contribution in [0.15, 0.2) is 0 Å². The highest BCUT2D eigenvalue weighted by Crippen LogP contribution is 2.51. The highest BCUT2D eigenvalue weighted by atomic mass is 32.2. The van der Waals surface area contributed by atoms with Gasteiger partial charge in [0.1, 0.15) is 10.5 Å². The van der Waals surface area contributed by atoms with Gasteiger partial charge >= 0.3 is 5.97 Å². The zero-order chi connectivity index (χ0) is 11.6. The highest BCUT2D eigenvalue weighted by Gasteiger charge is 2.48. The summed E-state index contributed by atoms with van der Waals surface area (Å²) in [6.07, 6.45) is 0. The zero-order valence-electron chi connectivity index (χ0n) is 8.94. The minimum absolute atomic E-state index is 0.173. The maximum atomic E-state index is 11.6. The fraction of sp³-hybridized carbons (Fsp3) is 0.778. The summed E-state index contributed by atoms with van der Waals surface area (Å²) in [7, 11) is 0. The van der Waals surface area contributed by atoms with E-state index in [-0.39, 0.29) is 9.99 Å². The van der Waals surface area contributed by atoms with Crippen LogP contribution < -0.4 is 5.32 Å². The quantitative estimate of drug-likeness (QED) is 0.785. The van der Waals surface area contributed by atoms with Gasteiger partial charge in [0.15, 0.2) is 0 Å². The number of carboxylic acids is 1. The summed E-state index contributed by atoms with van der Waals surface area (Å²) in [4.78, 5) is 22.6. The first-order chi connectivity index (χ1) is 6.87. The Kier molecular flexibility index (Phi) is 3.94. The molecule has 1 rings (SSSR count). The molecule has 4 nitrogen and oxygen atoms in total. The van der Waals surface area contributed by atoms with E-state index >= 15 is 0 Å². The largest absolute Gasteiger partial charge is 0.480 e. The Bertz CT molecular complexity index is 281. The van der Waals surface area contributed by atoms with Gasteiger partial charge in [0.05, 0.1) is 4.08 Å². The van der Waals surface area contributed by atoms with Gasteiger partial charge in [-0.2, -0.15) is 0 Å². The van der Waals surface area contributed by atoms with Crippen LogP contribution in [0.2, 0.25) is 0 Å². The smallest absolute Gasteiger partial charge is 0.318 e. The summed E-state index contributed by atoms with van der Waals surface area (Å²) in [5.41, 5.74) is 0. The molecule has 2 atom stereocenters. The van der Waals surface area contributed by atoms with Gasteiger partial charge < -0.3 is 10.4 Å². The second-order valence-electron chi connectivity index (χ2n) is 3.71. The lowest BCUT2D eigenvalue weighted by atomic mass is 10.3. The second kappa shape index (κ2) is 4.65. The van der Waals surface area contributed by atoms with E-state index in [9.17, 15) is 9.59 Å². The summed E-state index contributed by atoms with van der Waals surface area (Å²) < 4.78 is -0.210. The van der Waals surface area contributed by atoms with E-state index in [1.165, 1.54) is 23.5 Å². The fourth-order valence-electron chi connectivity index (χ4n) is 1.41. The number of thioether (sulfide) groups is 2. The third kappa shape index (κ3) is 3.04. The molecule has 0 spiro atoms. The molecule has 0 radical (unpaired) electrons. The molecule has 0 saturated carbocycles. The summed E-state index contributed by atoms with van der Waals surface area (Å²) in [5, 5.41) is 10.6. The Morgan fingerprint density at radius 3 is 2.33 bits per heavy atom. The van der Waals surface area contributed by atoms with Crippen LogP contribution in [0.3, 0.4) is 0 Å². The molecule has 1 aliphatic rings. The fourth-order valence-corrected chi connectivity index (χ4v) is 4.59. The maximum absolute atomic E-state index is 11.6. The minimum atomic E-state index is -0.908. The standard InChI is InChI=1S/C9H15NO3S2/c1-4-10-7(11)5-6(8(12)13)15-9(2,3)14-5/h5-6H,4H2,1-3H3,(H,10,11)(H,12,13). The van der Waals surface area contributed by atoms with E-state index in [0.29, 0.717) is 6.54 Å². The summed E-state index contributed by atoms with van der Waals surface area (Å²) in [6.45, 7) is 6.24. The third-order valence-corrected chi connectivity index (χ3v) is 5.30. The normalized spacial score (nSPS) is 28.7. The Morgan fingerprint density at radius 2 is 1.87 bits per heavy atom. The van der Waals surface area contributed by atoms with Crippen LogP contribution in [0.25, 0.3) is 0 Å². The number of hydrogen-bond donors (Lipinski definition) is 2. The van der Waals surface area contributed by atoms with Crippen LogP contribution in [0.5, 0.6) is 0 Å². The molecule has 2 unspecified atom stereocenters. The van der Waals surface area contributed by atoms with Gasteiger partial charge in [-0.05, 0) is 20.8 Å². The molecule has 0 bridgehead atoms. The molecule has 0 aromatic heterocycles. The minimum Gasteiger partial charge on any atom is -0.480 e. The summed E-state index contributed by atoms with van der Waals surface area (Å²) in [5.74, 6) is -1.08. The van der Waals surface area contributed by atoms with Gasteiger partial charge in [-0.1, -0.05) is 0 Å². The molecule has 86 valence electrons. The number of rotatable bonds is 3. The predicted octanol–water partition coefficient (Wildman–Crippen LogP) is 1.16. The molecule has 0 aromatic rings. The van der Waals surface area contributed by atoms with Gasteiger partial charge in [-0.3, -0.25) is 9.59 Å². The number of carbonyl (C=O) groups is 2. The summed E-state index contributed by atoms with van der Waals surface area (Å²) >= 11 is 2.76. The van der Waals surface area contributed by atoms with Crippen LogP contribution in [-0.2, 0) is 9.59 Å². The first kappa shape index (κ1) is 12.7. The average Bonchev–Trinajstić information content (AvgIpc) is 2.42. The van der Waals surface area contributed by atoms with E-state index in [1.807, 2.05) is 20.8 Å². The van der Waals surface area contributed by atoms with Gasteiger partial charge in [0.25, 0.3) is 0 Å². The molecule has 1 amide bonds. The van der Waals surface area contributed by atoms with E-state index in [0.717, 1.165) is 0 Å². The third-order valence-electron chi connectivity index (χ3n) is 1.95. The molecule has 1 aliphatic heterocycles. The van der Waals surface area contributed by atoms with E-state index in [1.54, 1.807) is 0 Å². The number of amides is 1. The van der Waals surface area contributed by atoms with Crippen LogP contribution in [0, 0.1) is 0 Å². The van der Waals surface area contributed by atoms with Crippen LogP contribution in [-0.4, -0.2) is 38.1 Å². The molecular weight excluding hydrogens is 234 g/mol. The van der Waals surface area contributed by atoms with Crippen molar-refractivity contribution in [3.05, 3.63) is 0 Å². The van der Waals surface area contributed by atoms with Gasteiger partial charge in [-0.25, -0.2) is 0 Å². The van der Waals surface area contributed by atoms with Crippen molar-refractivity contribution < 1.29 is 14.7 Å². The van der Waals surface area contributed by atoms with Gasteiger partial charge in [0, 0.05) is 6.54 Å². The van der Waals surface area contributed by atoms with Crippen molar-refractivity contribution in [2.45, 2.75) is 35.4 Å². The molecule has 1 heterocycles. The topological polar surface area (TPSA) is 66.4 Å². The monoisotopic (exact) mass is 249 g/mol. The van der Waals surface area contributed by atoms with Crippen molar-refractivity contribution in [2.75, 3.05) is 6.54 Å². The molecule has 1 saturated heterocycles. The van der Waals surface area contributed by atoms with Crippen molar-refractivity contribution in [1.29, 1.82) is 0 Å². The predicted molar refractivity (Wildman–Crippen MR) is 63.2 cm³/mol. The van der Waals surface area contributed by atoms with Crippen LogP contribution >= 0.6 is 23.5 Å². The van der Waals surface area contributed by atoms with Crippen LogP contribution in [0.4, 0.5) is 0 Å². The molecule has 15 heavy (non-hydrogen) atoms. The van der Waals surface area contributed by atoms with Gasteiger partial charge in [-0.15, -0.1) is 23.5 Å². The number of carbonyl (C=O) groups excluding carboxylic acids is 1. The summed E-state index contributed by atoms with van der Waals surface area (Å²) in [6, 6.07) is 0. The number of aliphatic carboxylic acids is 1. The average molecular weight is 249 g/mol. The maximum Gasteiger partial charge on any atom is 0.318 e. The van der Waals surface area contributed by atoms with Crippen molar-refractivity contribution in [3.8, 4) is 0 Å². The van der Waals surface area contributed by atoms with Crippen molar-refractivity contribution >= 4 is 35.4 Å². The molecule has 1 fully saturated rings. The first-order valence-corrected chi connectivity index (χ1v) is 6.49. The zero-order valence-corrected chi connectivity index (χ0v) is 10.6. The lowest BCUT2D eigenvalue weighted by Crippen LogP contribution is -2.39. The van der Waals surface area contributed by atoms with Crippen LogP contribution in [0.1, 0.15) is 20.8 Å². The second-order valence-corrected chi connectivity index (χ2v) is 7.50. The Hall–Kier alpha value is -0.360. The number of nitrogens with one attached hydrogen (secondary N) is 1. The SMILES string of the molecule is CCNC(=O)C1SC(C)(C)SC1C(=O)O. The van der Waals surface area contributed by atoms with Crippen molar-refractivity contribution in [1.82, 2.24) is 5.32 Å². The molecule has 0 aliphatic carbocycles. The van der Waals surface area contributed by atoms with E-state index in [4.69, 9.17) is 5.11 Å². The molecular formula is C9H15NO3S2. The number of carboxylic acid groups (broad SMARTS) is 1. The van der Waals surface area contributed by atoms with E-state index < -0.39 is 16.5 Å². The van der Waals surface area contributed by atoms with Crippen molar-refractivity contribution in [2.24, 2.45) is 0 Å².